The van der Waals surface area contributed by atoms with Crippen LogP contribution in [0.25, 0.3) is 0 Å². The van der Waals surface area contributed by atoms with Crippen molar-refractivity contribution in [2.45, 2.75) is 24.6 Å². The van der Waals surface area contributed by atoms with Gasteiger partial charge >= 0.3 is 10.1 Å². The zero-order chi connectivity index (χ0) is 11.3. The van der Waals surface area contributed by atoms with Gasteiger partial charge in [0.25, 0.3) is 0 Å². The van der Waals surface area contributed by atoms with Gasteiger partial charge in [-0.1, -0.05) is 18.7 Å². The van der Waals surface area contributed by atoms with Gasteiger partial charge < -0.3 is 4.18 Å². The van der Waals surface area contributed by atoms with Crippen LogP contribution in [0.2, 0.25) is 0 Å². The molecule has 1 heterocycles. The van der Waals surface area contributed by atoms with Crippen molar-refractivity contribution in [1.29, 1.82) is 0 Å². The van der Waals surface area contributed by atoms with E-state index in [1.165, 1.54) is 18.3 Å². The van der Waals surface area contributed by atoms with E-state index < -0.39 is 10.1 Å². The number of rotatable bonds is 6. The molecule has 0 N–H and O–H groups in total. The smallest absolute Gasteiger partial charge is 0.310 e. The molecule has 0 amide bonds. The third-order valence-electron chi connectivity index (χ3n) is 1.46. The zero-order valence-corrected chi connectivity index (χ0v) is 11.0. The normalized spacial score (nSPS) is 11.6. The van der Waals surface area contributed by atoms with Crippen molar-refractivity contribution >= 4 is 33.2 Å². The number of thioether (sulfide) groups is 1. The highest BCUT2D eigenvalue weighted by molar-refractivity contribution is 8.01. The van der Waals surface area contributed by atoms with E-state index in [1.54, 1.807) is 17.1 Å². The highest BCUT2D eigenvalue weighted by Gasteiger charge is 2.12. The Balaban J connectivity index is 2.60. The Labute approximate surface area is 98.2 Å². The summed E-state index contributed by atoms with van der Waals surface area (Å²) in [5.41, 5.74) is 0. The second-order valence-corrected chi connectivity index (χ2v) is 6.79. The maximum Gasteiger partial charge on any atom is 0.310 e. The summed E-state index contributed by atoms with van der Waals surface area (Å²) in [6, 6.07) is 0. The quantitative estimate of drug-likeness (QED) is 0.585. The molecule has 0 radical (unpaired) electrons. The van der Waals surface area contributed by atoms with Crippen molar-refractivity contribution in [2.24, 2.45) is 0 Å². The van der Waals surface area contributed by atoms with Gasteiger partial charge in [0, 0.05) is 5.75 Å². The van der Waals surface area contributed by atoms with Crippen LogP contribution in [0.5, 0.6) is 5.88 Å². The summed E-state index contributed by atoms with van der Waals surface area (Å²) >= 11 is 3.01. The molecule has 86 valence electrons. The fourth-order valence-electron chi connectivity index (χ4n) is 0.726. The first-order valence-electron chi connectivity index (χ1n) is 4.58. The van der Waals surface area contributed by atoms with Gasteiger partial charge in [0.05, 0.1) is 11.1 Å². The molecule has 15 heavy (non-hydrogen) atoms. The van der Waals surface area contributed by atoms with Crippen molar-refractivity contribution in [2.75, 3.05) is 11.5 Å². The highest BCUT2D eigenvalue weighted by atomic mass is 32.2. The molecule has 0 unspecified atom stereocenters. The van der Waals surface area contributed by atoms with Crippen LogP contribution in [0, 0.1) is 0 Å². The maximum atomic E-state index is 11.1. The molecule has 0 aliphatic carbocycles. The van der Waals surface area contributed by atoms with Crippen molar-refractivity contribution in [3.8, 4) is 5.88 Å². The van der Waals surface area contributed by atoms with Gasteiger partial charge in [0.2, 0.25) is 5.88 Å². The van der Waals surface area contributed by atoms with E-state index in [9.17, 15) is 8.42 Å². The molecule has 0 saturated heterocycles. The standard InChI is InChI=1S/C8H13NO3S3/c1-3-5-13-8-9-7(6-14-8)12-15(10,11)4-2/h6H,3-5H2,1-2H3. The molecule has 1 aromatic heterocycles. The summed E-state index contributed by atoms with van der Waals surface area (Å²) in [4.78, 5) is 4.06. The minimum absolute atomic E-state index is 0.0397. The summed E-state index contributed by atoms with van der Waals surface area (Å²) < 4.78 is 27.9. The molecule has 0 aliphatic rings. The summed E-state index contributed by atoms with van der Waals surface area (Å²) in [6.07, 6.45) is 1.06. The third-order valence-corrected chi connectivity index (χ3v) is 4.79. The van der Waals surface area contributed by atoms with E-state index in [2.05, 4.69) is 11.9 Å². The Bertz CT molecular complexity index is 399. The molecule has 4 nitrogen and oxygen atoms in total. The lowest BCUT2D eigenvalue weighted by atomic mass is 10.6. The van der Waals surface area contributed by atoms with E-state index in [0.29, 0.717) is 0 Å². The largest absolute Gasteiger partial charge is 0.361 e. The fraction of sp³-hybridized carbons (Fsp3) is 0.625. The molecule has 0 bridgehead atoms. The van der Waals surface area contributed by atoms with Crippen molar-refractivity contribution in [3.05, 3.63) is 5.38 Å². The highest BCUT2D eigenvalue weighted by Crippen LogP contribution is 2.27. The second-order valence-electron chi connectivity index (χ2n) is 2.73. The minimum Gasteiger partial charge on any atom is -0.361 e. The van der Waals surface area contributed by atoms with Crippen LogP contribution in [0.15, 0.2) is 9.72 Å². The van der Waals surface area contributed by atoms with Crippen LogP contribution >= 0.6 is 23.1 Å². The maximum absolute atomic E-state index is 11.1. The molecule has 0 spiro atoms. The van der Waals surface area contributed by atoms with Gasteiger partial charge in [-0.3, -0.25) is 0 Å². The monoisotopic (exact) mass is 267 g/mol. The number of aromatic nitrogens is 1. The van der Waals surface area contributed by atoms with E-state index in [-0.39, 0.29) is 11.6 Å². The van der Waals surface area contributed by atoms with Crippen molar-refractivity contribution < 1.29 is 12.6 Å². The number of hydrogen-bond acceptors (Lipinski definition) is 6. The summed E-state index contributed by atoms with van der Waals surface area (Å²) in [7, 11) is -3.44. The van der Waals surface area contributed by atoms with E-state index in [4.69, 9.17) is 4.18 Å². The van der Waals surface area contributed by atoms with Crippen molar-refractivity contribution in [1.82, 2.24) is 4.98 Å². The Kier molecular flexibility index (Phi) is 4.88. The first kappa shape index (κ1) is 12.8. The van der Waals surface area contributed by atoms with E-state index in [1.807, 2.05) is 0 Å². The Morgan fingerprint density at radius 2 is 2.27 bits per heavy atom. The van der Waals surface area contributed by atoms with Gasteiger partial charge in [-0.05, 0) is 13.3 Å². The van der Waals surface area contributed by atoms with Gasteiger partial charge in [0.1, 0.15) is 0 Å². The molecular formula is C8H13NO3S3. The van der Waals surface area contributed by atoms with Crippen LogP contribution in [-0.4, -0.2) is 24.9 Å². The van der Waals surface area contributed by atoms with Gasteiger partial charge in [-0.15, -0.1) is 11.3 Å². The summed E-state index contributed by atoms with van der Waals surface area (Å²) in [6.45, 7) is 3.62. The topological polar surface area (TPSA) is 56.3 Å². The van der Waals surface area contributed by atoms with Crippen LogP contribution in [-0.2, 0) is 10.1 Å². The predicted octanol–water partition coefficient (Wildman–Crippen LogP) is 2.37. The number of thiazole rings is 1. The second kappa shape index (κ2) is 5.72. The zero-order valence-electron chi connectivity index (χ0n) is 8.60. The van der Waals surface area contributed by atoms with Crippen LogP contribution in [0.4, 0.5) is 0 Å². The molecule has 0 aliphatic heterocycles. The number of hydrogen-bond donors (Lipinski definition) is 0. The van der Waals surface area contributed by atoms with Gasteiger partial charge in [0.15, 0.2) is 4.34 Å². The predicted molar refractivity (Wildman–Crippen MR) is 63.2 cm³/mol. The molecule has 0 aromatic carbocycles. The molecular weight excluding hydrogens is 254 g/mol. The average Bonchev–Trinajstić information content (AvgIpc) is 2.62. The lowest BCUT2D eigenvalue weighted by Crippen LogP contribution is -2.11. The lowest BCUT2D eigenvalue weighted by molar-refractivity contribution is 0.478. The SMILES string of the molecule is CCCSc1nc(OS(=O)(=O)CC)cs1. The number of nitrogens with zero attached hydrogens (tertiary/aromatic N) is 1. The summed E-state index contributed by atoms with van der Waals surface area (Å²) in [5, 5.41) is 1.62. The average molecular weight is 267 g/mol. The molecule has 1 rings (SSSR count). The Morgan fingerprint density at radius 3 is 2.87 bits per heavy atom. The molecule has 7 heteroatoms. The minimum atomic E-state index is -3.44. The van der Waals surface area contributed by atoms with E-state index in [0.717, 1.165) is 16.5 Å². The molecule has 1 aromatic rings. The Hall–Kier alpha value is -0.270. The fourth-order valence-corrected chi connectivity index (χ4v) is 2.90. The first-order chi connectivity index (χ1) is 7.07. The van der Waals surface area contributed by atoms with Crippen LogP contribution in [0.1, 0.15) is 20.3 Å². The van der Waals surface area contributed by atoms with Crippen LogP contribution < -0.4 is 4.18 Å². The molecule has 0 fully saturated rings. The van der Waals surface area contributed by atoms with Crippen LogP contribution in [0.3, 0.4) is 0 Å². The van der Waals surface area contributed by atoms with Gasteiger partial charge in [-0.2, -0.15) is 13.4 Å². The molecule has 0 atom stereocenters. The first-order valence-corrected chi connectivity index (χ1v) is 8.02. The van der Waals surface area contributed by atoms with E-state index >= 15 is 0 Å². The summed E-state index contributed by atoms with van der Waals surface area (Å²) in [5.74, 6) is 1.12. The van der Waals surface area contributed by atoms with Crippen molar-refractivity contribution in [3.63, 3.8) is 0 Å². The van der Waals surface area contributed by atoms with Gasteiger partial charge in [-0.25, -0.2) is 0 Å². The Morgan fingerprint density at radius 1 is 1.53 bits per heavy atom. The third kappa shape index (κ3) is 4.40. The lowest BCUT2D eigenvalue weighted by Gasteiger charge is -1.99. The molecule has 0 saturated carbocycles.